The molecular weight excluding hydrogens is 284 g/mol. The molecule has 0 aliphatic rings. The lowest BCUT2D eigenvalue weighted by Crippen LogP contribution is -2.43. The predicted octanol–water partition coefficient (Wildman–Crippen LogP) is 1.19. The van der Waals surface area contributed by atoms with Gasteiger partial charge in [-0.1, -0.05) is 37.3 Å². The SMILES string of the molecule is CCCNC(=O)C[C@@H](NC(=O)/C=C/c1ccccc1)C(=O)O. The number of hydrogen-bond donors (Lipinski definition) is 3. The smallest absolute Gasteiger partial charge is 0.326 e. The number of carbonyl (C=O) groups is 3. The van der Waals surface area contributed by atoms with E-state index in [0.717, 1.165) is 12.0 Å². The van der Waals surface area contributed by atoms with Crippen LogP contribution in [0.2, 0.25) is 0 Å². The van der Waals surface area contributed by atoms with E-state index in [1.54, 1.807) is 6.08 Å². The zero-order chi connectivity index (χ0) is 16.4. The van der Waals surface area contributed by atoms with Crippen LogP contribution in [-0.4, -0.2) is 35.5 Å². The summed E-state index contributed by atoms with van der Waals surface area (Å²) in [5.41, 5.74) is 0.824. The van der Waals surface area contributed by atoms with Crippen LogP contribution in [0.25, 0.3) is 6.08 Å². The van der Waals surface area contributed by atoms with E-state index in [1.165, 1.54) is 6.08 Å². The van der Waals surface area contributed by atoms with Crippen molar-refractivity contribution >= 4 is 23.9 Å². The Morgan fingerprint density at radius 3 is 2.50 bits per heavy atom. The molecule has 0 bridgehead atoms. The molecule has 0 radical (unpaired) electrons. The van der Waals surface area contributed by atoms with Crippen molar-refractivity contribution in [2.45, 2.75) is 25.8 Å². The fraction of sp³-hybridized carbons (Fsp3) is 0.312. The number of benzene rings is 1. The molecule has 1 aromatic carbocycles. The van der Waals surface area contributed by atoms with E-state index in [2.05, 4.69) is 10.6 Å². The minimum Gasteiger partial charge on any atom is -0.480 e. The summed E-state index contributed by atoms with van der Waals surface area (Å²) in [5, 5.41) is 13.9. The molecule has 1 rings (SSSR count). The molecule has 22 heavy (non-hydrogen) atoms. The van der Waals surface area contributed by atoms with Crippen LogP contribution in [0.3, 0.4) is 0 Å². The molecule has 118 valence electrons. The topological polar surface area (TPSA) is 95.5 Å². The maximum Gasteiger partial charge on any atom is 0.326 e. The van der Waals surface area contributed by atoms with Crippen LogP contribution in [0.1, 0.15) is 25.3 Å². The number of carboxylic acids is 1. The third-order valence-electron chi connectivity index (χ3n) is 2.80. The highest BCUT2D eigenvalue weighted by atomic mass is 16.4. The van der Waals surface area contributed by atoms with E-state index in [-0.39, 0.29) is 6.42 Å². The van der Waals surface area contributed by atoms with E-state index in [9.17, 15) is 14.4 Å². The van der Waals surface area contributed by atoms with E-state index < -0.39 is 23.8 Å². The van der Waals surface area contributed by atoms with Crippen molar-refractivity contribution in [3.63, 3.8) is 0 Å². The summed E-state index contributed by atoms with van der Waals surface area (Å²) in [6.45, 7) is 2.37. The molecule has 0 spiro atoms. The maximum atomic E-state index is 11.7. The van der Waals surface area contributed by atoms with Gasteiger partial charge in [0.2, 0.25) is 11.8 Å². The highest BCUT2D eigenvalue weighted by Gasteiger charge is 2.22. The highest BCUT2D eigenvalue weighted by molar-refractivity contribution is 5.95. The molecule has 3 N–H and O–H groups in total. The van der Waals surface area contributed by atoms with Gasteiger partial charge in [-0.25, -0.2) is 4.79 Å². The first-order chi connectivity index (χ1) is 10.5. The van der Waals surface area contributed by atoms with Crippen molar-refractivity contribution in [3.8, 4) is 0 Å². The van der Waals surface area contributed by atoms with E-state index >= 15 is 0 Å². The molecule has 0 fully saturated rings. The summed E-state index contributed by atoms with van der Waals surface area (Å²) in [7, 11) is 0. The molecule has 1 atom stereocenters. The summed E-state index contributed by atoms with van der Waals surface area (Å²) in [4.78, 5) is 34.4. The quantitative estimate of drug-likeness (QED) is 0.629. The second kappa shape index (κ2) is 9.33. The van der Waals surface area contributed by atoms with Crippen molar-refractivity contribution in [1.82, 2.24) is 10.6 Å². The van der Waals surface area contributed by atoms with Gasteiger partial charge < -0.3 is 15.7 Å². The zero-order valence-electron chi connectivity index (χ0n) is 12.4. The standard InChI is InChI=1S/C16H20N2O4/c1-2-10-17-15(20)11-13(16(21)22)18-14(19)9-8-12-6-4-3-5-7-12/h3-9,13H,2,10-11H2,1H3,(H,17,20)(H,18,19)(H,21,22)/b9-8+/t13-/m1/s1. The number of amides is 2. The fourth-order valence-corrected chi connectivity index (χ4v) is 1.68. The lowest BCUT2D eigenvalue weighted by Gasteiger charge is -2.13. The minimum atomic E-state index is -1.25. The van der Waals surface area contributed by atoms with Crippen molar-refractivity contribution in [1.29, 1.82) is 0 Å². The van der Waals surface area contributed by atoms with Gasteiger partial charge in [0.05, 0.1) is 6.42 Å². The van der Waals surface area contributed by atoms with Crippen molar-refractivity contribution < 1.29 is 19.5 Å². The average molecular weight is 304 g/mol. The van der Waals surface area contributed by atoms with Crippen molar-refractivity contribution in [2.75, 3.05) is 6.54 Å². The molecule has 0 aliphatic heterocycles. The monoisotopic (exact) mass is 304 g/mol. The van der Waals surface area contributed by atoms with Crippen LogP contribution in [0.5, 0.6) is 0 Å². The molecule has 0 heterocycles. The Hall–Kier alpha value is -2.63. The van der Waals surface area contributed by atoms with E-state index in [1.807, 2.05) is 37.3 Å². The molecule has 6 nitrogen and oxygen atoms in total. The summed E-state index contributed by atoms with van der Waals surface area (Å²) in [5.74, 6) is -2.20. The largest absolute Gasteiger partial charge is 0.480 e. The Labute approximate surface area is 129 Å². The highest BCUT2D eigenvalue weighted by Crippen LogP contribution is 2.01. The molecule has 0 saturated heterocycles. The molecule has 0 unspecified atom stereocenters. The van der Waals surface area contributed by atoms with Crippen LogP contribution < -0.4 is 10.6 Å². The van der Waals surface area contributed by atoms with Gasteiger partial charge in [-0.05, 0) is 18.1 Å². The van der Waals surface area contributed by atoms with Gasteiger partial charge in [0.1, 0.15) is 6.04 Å². The maximum absolute atomic E-state index is 11.7. The van der Waals surface area contributed by atoms with Gasteiger partial charge in [-0.2, -0.15) is 0 Å². The zero-order valence-corrected chi connectivity index (χ0v) is 12.4. The molecule has 1 aromatic rings. The number of nitrogens with one attached hydrogen (secondary N) is 2. The van der Waals surface area contributed by atoms with Crippen LogP contribution in [0.15, 0.2) is 36.4 Å². The van der Waals surface area contributed by atoms with Gasteiger partial charge in [-0.3, -0.25) is 9.59 Å². The molecule has 2 amide bonds. The van der Waals surface area contributed by atoms with E-state index in [0.29, 0.717) is 6.54 Å². The van der Waals surface area contributed by atoms with Gasteiger partial charge in [0, 0.05) is 12.6 Å². The second-order valence-electron chi connectivity index (χ2n) is 4.70. The van der Waals surface area contributed by atoms with Crippen LogP contribution in [-0.2, 0) is 14.4 Å². The number of hydrogen-bond acceptors (Lipinski definition) is 3. The molecule has 6 heteroatoms. The Balaban J connectivity index is 2.55. The third-order valence-corrected chi connectivity index (χ3v) is 2.80. The lowest BCUT2D eigenvalue weighted by molar-refractivity contribution is -0.143. The van der Waals surface area contributed by atoms with Crippen LogP contribution >= 0.6 is 0 Å². The Morgan fingerprint density at radius 1 is 1.23 bits per heavy atom. The van der Waals surface area contributed by atoms with Crippen LogP contribution in [0.4, 0.5) is 0 Å². The number of rotatable bonds is 8. The Morgan fingerprint density at radius 2 is 1.91 bits per heavy atom. The number of carbonyl (C=O) groups excluding carboxylic acids is 2. The summed E-state index contributed by atoms with van der Waals surface area (Å²) < 4.78 is 0. The average Bonchev–Trinajstić information content (AvgIpc) is 2.51. The number of carboxylic acid groups (broad SMARTS) is 1. The van der Waals surface area contributed by atoms with Crippen LogP contribution in [0, 0.1) is 0 Å². The Kier molecular flexibility index (Phi) is 7.39. The van der Waals surface area contributed by atoms with Gasteiger partial charge in [0.15, 0.2) is 0 Å². The summed E-state index contributed by atoms with van der Waals surface area (Å²) >= 11 is 0. The third kappa shape index (κ3) is 6.69. The number of aliphatic carboxylic acids is 1. The second-order valence-corrected chi connectivity index (χ2v) is 4.70. The van der Waals surface area contributed by atoms with Gasteiger partial charge in [-0.15, -0.1) is 0 Å². The molecule has 0 aliphatic carbocycles. The first-order valence-corrected chi connectivity index (χ1v) is 7.06. The molecule has 0 saturated carbocycles. The van der Waals surface area contributed by atoms with E-state index in [4.69, 9.17) is 5.11 Å². The lowest BCUT2D eigenvalue weighted by atomic mass is 10.2. The summed E-state index contributed by atoms with van der Waals surface area (Å²) in [6.07, 6.45) is 3.29. The Bertz CT molecular complexity index is 540. The molecular formula is C16H20N2O4. The fourth-order valence-electron chi connectivity index (χ4n) is 1.68. The van der Waals surface area contributed by atoms with Crippen molar-refractivity contribution in [3.05, 3.63) is 42.0 Å². The van der Waals surface area contributed by atoms with Gasteiger partial charge in [0.25, 0.3) is 0 Å². The molecule has 0 aromatic heterocycles. The van der Waals surface area contributed by atoms with Gasteiger partial charge >= 0.3 is 5.97 Å². The van der Waals surface area contributed by atoms with Crippen molar-refractivity contribution in [2.24, 2.45) is 0 Å². The first-order valence-electron chi connectivity index (χ1n) is 7.06. The summed E-state index contributed by atoms with van der Waals surface area (Å²) in [6, 6.07) is 7.90. The normalized spacial score (nSPS) is 11.9. The minimum absolute atomic E-state index is 0.291. The first kappa shape index (κ1) is 17.4. The predicted molar refractivity (Wildman–Crippen MR) is 83.0 cm³/mol.